The zero-order chi connectivity index (χ0) is 26.0. The van der Waals surface area contributed by atoms with Crippen LogP contribution in [0.3, 0.4) is 0 Å². The molecule has 4 heterocycles. The van der Waals surface area contributed by atoms with Gasteiger partial charge in [0.25, 0.3) is 5.91 Å². The molecule has 0 bridgehead atoms. The van der Waals surface area contributed by atoms with E-state index < -0.39 is 17.6 Å². The molecule has 0 atom stereocenters. The van der Waals surface area contributed by atoms with E-state index in [1.54, 1.807) is 25.4 Å². The van der Waals surface area contributed by atoms with Crippen LogP contribution >= 0.6 is 11.3 Å². The lowest BCUT2D eigenvalue weighted by Crippen LogP contribution is -2.47. The molecule has 1 fully saturated rings. The van der Waals surface area contributed by atoms with Crippen LogP contribution in [0, 0.1) is 6.92 Å². The number of nitrogens with zero attached hydrogens (tertiary/aromatic N) is 6. The standard InChI is InChI=1S/C25H22F3N7OS/c1-16-21(37-23(31-16)17-5-7-18(8-6-17)25(26,27)28)22(36)33-24-30-11-9-20(32-24)35-14-12-34(13-15-35)19-4-2-3-10-29-19/h2-11H,12-15H2,1H3,(H,30,32,33,36). The number of halogens is 3. The van der Waals surface area contributed by atoms with Crippen LogP contribution in [-0.2, 0) is 6.18 Å². The smallest absolute Gasteiger partial charge is 0.353 e. The molecule has 1 amide bonds. The molecule has 12 heteroatoms. The van der Waals surface area contributed by atoms with Gasteiger partial charge in [0.15, 0.2) is 0 Å². The molecule has 3 aromatic heterocycles. The molecule has 5 rings (SSSR count). The first-order valence-corrected chi connectivity index (χ1v) is 12.3. The van der Waals surface area contributed by atoms with E-state index in [0.717, 1.165) is 55.5 Å². The van der Waals surface area contributed by atoms with Crippen molar-refractivity contribution >= 4 is 34.8 Å². The number of hydrogen-bond acceptors (Lipinski definition) is 8. The zero-order valence-electron chi connectivity index (χ0n) is 19.7. The molecule has 8 nitrogen and oxygen atoms in total. The maximum Gasteiger partial charge on any atom is 0.416 e. The van der Waals surface area contributed by atoms with Gasteiger partial charge in [-0.15, -0.1) is 11.3 Å². The van der Waals surface area contributed by atoms with Crippen molar-refractivity contribution in [3.63, 3.8) is 0 Å². The van der Waals surface area contributed by atoms with E-state index in [1.807, 2.05) is 18.2 Å². The van der Waals surface area contributed by atoms with Crippen LogP contribution in [0.15, 0.2) is 60.9 Å². The number of carbonyl (C=O) groups is 1. The van der Waals surface area contributed by atoms with Crippen LogP contribution in [0.5, 0.6) is 0 Å². The summed E-state index contributed by atoms with van der Waals surface area (Å²) in [7, 11) is 0. The first kappa shape index (κ1) is 24.6. The molecule has 0 spiro atoms. The summed E-state index contributed by atoms with van der Waals surface area (Å²) in [5, 5.41) is 3.18. The Morgan fingerprint density at radius 3 is 2.24 bits per heavy atom. The van der Waals surface area contributed by atoms with Crippen molar-refractivity contribution in [2.45, 2.75) is 13.1 Å². The van der Waals surface area contributed by atoms with Crippen molar-refractivity contribution in [3.05, 3.63) is 77.1 Å². The van der Waals surface area contributed by atoms with Gasteiger partial charge < -0.3 is 9.80 Å². The molecule has 0 saturated carbocycles. The predicted molar refractivity (Wildman–Crippen MR) is 136 cm³/mol. The van der Waals surface area contributed by atoms with Crippen molar-refractivity contribution in [1.82, 2.24) is 19.9 Å². The van der Waals surface area contributed by atoms with Crippen LogP contribution in [0.4, 0.5) is 30.8 Å². The number of hydrogen-bond donors (Lipinski definition) is 1. The number of pyridine rings is 1. The molecule has 0 unspecified atom stereocenters. The first-order chi connectivity index (χ1) is 17.8. The van der Waals surface area contributed by atoms with E-state index in [-0.39, 0.29) is 5.95 Å². The molecule has 4 aromatic rings. The monoisotopic (exact) mass is 525 g/mol. The number of anilines is 3. The molecule has 1 aliphatic rings. The van der Waals surface area contributed by atoms with Crippen LogP contribution in [0.1, 0.15) is 20.9 Å². The van der Waals surface area contributed by atoms with E-state index >= 15 is 0 Å². The summed E-state index contributed by atoms with van der Waals surface area (Å²) in [6, 6.07) is 12.3. The lowest BCUT2D eigenvalue weighted by molar-refractivity contribution is -0.137. The van der Waals surface area contributed by atoms with Gasteiger partial charge in [0.1, 0.15) is 21.5 Å². The second kappa shape index (κ2) is 10.1. The maximum absolute atomic E-state index is 13.0. The summed E-state index contributed by atoms with van der Waals surface area (Å²) in [6.07, 6.45) is -1.04. The number of aryl methyl sites for hydroxylation is 1. The number of benzene rings is 1. The summed E-state index contributed by atoms with van der Waals surface area (Å²) >= 11 is 1.10. The SMILES string of the molecule is Cc1nc(-c2ccc(C(F)(F)F)cc2)sc1C(=O)Nc1nccc(N2CCN(c3ccccn3)CC2)n1. The van der Waals surface area contributed by atoms with Crippen molar-refractivity contribution in [2.24, 2.45) is 0 Å². The Balaban J connectivity index is 1.25. The number of aromatic nitrogens is 4. The molecule has 1 saturated heterocycles. The quantitative estimate of drug-likeness (QED) is 0.397. The highest BCUT2D eigenvalue weighted by Crippen LogP contribution is 2.33. The average Bonchev–Trinajstić information content (AvgIpc) is 3.31. The van der Waals surface area contributed by atoms with Gasteiger partial charge in [-0.3, -0.25) is 10.1 Å². The van der Waals surface area contributed by atoms with E-state index in [1.165, 1.54) is 12.1 Å². The second-order valence-corrected chi connectivity index (χ2v) is 9.36. The van der Waals surface area contributed by atoms with Crippen LogP contribution in [-0.4, -0.2) is 52.0 Å². The number of rotatable bonds is 5. The number of piperazine rings is 1. The van der Waals surface area contributed by atoms with Gasteiger partial charge in [-0.05, 0) is 37.3 Å². The van der Waals surface area contributed by atoms with E-state index in [0.29, 0.717) is 27.0 Å². The highest BCUT2D eigenvalue weighted by Gasteiger charge is 2.30. The van der Waals surface area contributed by atoms with Crippen molar-refractivity contribution in [3.8, 4) is 10.6 Å². The molecular formula is C25H22F3N7OS. The zero-order valence-corrected chi connectivity index (χ0v) is 20.6. The van der Waals surface area contributed by atoms with Gasteiger partial charge in [-0.25, -0.2) is 15.0 Å². The minimum Gasteiger partial charge on any atom is -0.353 e. The fourth-order valence-corrected chi connectivity index (χ4v) is 4.95. The molecule has 1 aliphatic heterocycles. The first-order valence-electron chi connectivity index (χ1n) is 11.5. The third-order valence-corrected chi connectivity index (χ3v) is 7.11. The van der Waals surface area contributed by atoms with Gasteiger partial charge in [0, 0.05) is 44.1 Å². The lowest BCUT2D eigenvalue weighted by atomic mass is 10.1. The fourth-order valence-electron chi connectivity index (χ4n) is 3.98. The van der Waals surface area contributed by atoms with E-state index in [4.69, 9.17) is 0 Å². The highest BCUT2D eigenvalue weighted by molar-refractivity contribution is 7.17. The van der Waals surface area contributed by atoms with Crippen molar-refractivity contribution in [1.29, 1.82) is 0 Å². The number of amides is 1. The Morgan fingerprint density at radius 1 is 0.892 bits per heavy atom. The van der Waals surface area contributed by atoms with Crippen LogP contribution in [0.25, 0.3) is 10.6 Å². The Labute approximate surface area is 214 Å². The van der Waals surface area contributed by atoms with Gasteiger partial charge in [0.2, 0.25) is 5.95 Å². The van der Waals surface area contributed by atoms with Gasteiger partial charge in [0.05, 0.1) is 11.3 Å². The number of nitrogens with one attached hydrogen (secondary N) is 1. The number of carbonyl (C=O) groups excluding carboxylic acids is 1. The van der Waals surface area contributed by atoms with Crippen LogP contribution in [0.2, 0.25) is 0 Å². The average molecular weight is 526 g/mol. The minimum absolute atomic E-state index is 0.165. The fraction of sp³-hybridized carbons (Fsp3) is 0.240. The number of thiazole rings is 1. The van der Waals surface area contributed by atoms with E-state index in [9.17, 15) is 18.0 Å². The van der Waals surface area contributed by atoms with E-state index in [2.05, 4.69) is 35.1 Å². The Bertz CT molecular complexity index is 1390. The molecular weight excluding hydrogens is 503 g/mol. The molecule has 1 aromatic carbocycles. The summed E-state index contributed by atoms with van der Waals surface area (Å²) < 4.78 is 38.6. The third-order valence-electron chi connectivity index (χ3n) is 5.91. The Hall–Kier alpha value is -4.06. The highest BCUT2D eigenvalue weighted by atomic mass is 32.1. The van der Waals surface area contributed by atoms with Crippen molar-refractivity contribution in [2.75, 3.05) is 41.3 Å². The Morgan fingerprint density at radius 2 is 1.59 bits per heavy atom. The predicted octanol–water partition coefficient (Wildman–Crippen LogP) is 4.90. The van der Waals surface area contributed by atoms with Gasteiger partial charge in [-0.2, -0.15) is 18.2 Å². The number of alkyl halides is 3. The van der Waals surface area contributed by atoms with Crippen molar-refractivity contribution < 1.29 is 18.0 Å². The molecule has 1 N–H and O–H groups in total. The van der Waals surface area contributed by atoms with Gasteiger partial charge in [-0.1, -0.05) is 18.2 Å². The van der Waals surface area contributed by atoms with Gasteiger partial charge >= 0.3 is 6.18 Å². The second-order valence-electron chi connectivity index (χ2n) is 8.36. The maximum atomic E-state index is 13.0. The Kier molecular flexibility index (Phi) is 6.74. The molecule has 0 radical (unpaired) electrons. The third kappa shape index (κ3) is 5.53. The molecule has 0 aliphatic carbocycles. The largest absolute Gasteiger partial charge is 0.416 e. The summed E-state index contributed by atoms with van der Waals surface area (Å²) in [4.78, 5) is 35.1. The normalized spacial score (nSPS) is 14.1. The van der Waals surface area contributed by atoms with Crippen LogP contribution < -0.4 is 15.1 Å². The molecule has 190 valence electrons. The summed E-state index contributed by atoms with van der Waals surface area (Å²) in [5.41, 5.74) is 0.236. The minimum atomic E-state index is -4.41. The lowest BCUT2D eigenvalue weighted by Gasteiger charge is -2.36. The molecule has 37 heavy (non-hydrogen) atoms. The summed E-state index contributed by atoms with van der Waals surface area (Å²) in [5.74, 6) is 1.38. The summed E-state index contributed by atoms with van der Waals surface area (Å²) in [6.45, 7) is 4.74. The topological polar surface area (TPSA) is 87.1 Å².